The number of sulfonamides is 1. The minimum Gasteiger partial charge on any atom is -0.449 e. The summed E-state index contributed by atoms with van der Waals surface area (Å²) in [6, 6.07) is 13.8. The Labute approximate surface area is 152 Å². The number of benzene rings is 2. The highest BCUT2D eigenvalue weighted by atomic mass is 32.2. The van der Waals surface area contributed by atoms with Crippen molar-refractivity contribution in [1.82, 2.24) is 4.90 Å². The molecule has 7 nitrogen and oxygen atoms in total. The highest BCUT2D eigenvalue weighted by molar-refractivity contribution is 7.92. The summed E-state index contributed by atoms with van der Waals surface area (Å²) in [5.41, 5.74) is 0.592. The Balaban J connectivity index is 2.10. The van der Waals surface area contributed by atoms with Gasteiger partial charge in [0.15, 0.2) is 6.10 Å². The lowest BCUT2D eigenvalue weighted by Gasteiger charge is -2.17. The average Bonchev–Trinajstić information content (AvgIpc) is 2.61. The van der Waals surface area contributed by atoms with Gasteiger partial charge in [-0.05, 0) is 43.3 Å². The summed E-state index contributed by atoms with van der Waals surface area (Å²) >= 11 is 0. The van der Waals surface area contributed by atoms with Crippen LogP contribution in [-0.2, 0) is 19.6 Å². The van der Waals surface area contributed by atoms with Crippen molar-refractivity contribution in [3.8, 4) is 0 Å². The average molecular weight is 376 g/mol. The molecule has 0 bridgehead atoms. The van der Waals surface area contributed by atoms with Crippen LogP contribution in [0.25, 0.3) is 0 Å². The van der Waals surface area contributed by atoms with Crippen molar-refractivity contribution in [3.63, 3.8) is 0 Å². The first-order valence-electron chi connectivity index (χ1n) is 7.81. The van der Waals surface area contributed by atoms with Gasteiger partial charge in [0.25, 0.3) is 15.9 Å². The predicted molar refractivity (Wildman–Crippen MR) is 97.3 cm³/mol. The SMILES string of the molecule is C[C@@H](OC(=O)c1ccc(S(=O)(=O)Nc2ccccc2)cc1)C(=O)N(C)C. The molecule has 2 aromatic rings. The molecule has 1 N–H and O–H groups in total. The van der Waals surface area contributed by atoms with Crippen molar-refractivity contribution >= 4 is 27.6 Å². The second kappa shape index (κ2) is 8.01. The number of carbonyl (C=O) groups is 2. The molecule has 1 amide bonds. The van der Waals surface area contributed by atoms with Crippen LogP contribution in [0.2, 0.25) is 0 Å². The molecule has 0 fully saturated rings. The number of amides is 1. The Morgan fingerprint density at radius 2 is 1.58 bits per heavy atom. The molecule has 0 saturated heterocycles. The van der Waals surface area contributed by atoms with Crippen LogP contribution in [0.5, 0.6) is 0 Å². The van der Waals surface area contributed by atoms with Crippen molar-refractivity contribution in [3.05, 3.63) is 60.2 Å². The molecule has 0 aliphatic carbocycles. The van der Waals surface area contributed by atoms with Gasteiger partial charge in [-0.3, -0.25) is 9.52 Å². The Kier molecular flexibility index (Phi) is 5.99. The van der Waals surface area contributed by atoms with Crippen molar-refractivity contribution in [2.45, 2.75) is 17.9 Å². The molecule has 0 heterocycles. The Morgan fingerprint density at radius 1 is 1.00 bits per heavy atom. The Hall–Kier alpha value is -2.87. The number of carbonyl (C=O) groups excluding carboxylic acids is 2. The lowest BCUT2D eigenvalue weighted by atomic mass is 10.2. The third kappa shape index (κ3) is 4.82. The van der Waals surface area contributed by atoms with E-state index in [1.807, 2.05) is 0 Å². The van der Waals surface area contributed by atoms with Crippen LogP contribution >= 0.6 is 0 Å². The number of rotatable bonds is 6. The van der Waals surface area contributed by atoms with Crippen LogP contribution in [0.3, 0.4) is 0 Å². The van der Waals surface area contributed by atoms with E-state index >= 15 is 0 Å². The second-order valence-electron chi connectivity index (χ2n) is 5.78. The van der Waals surface area contributed by atoms with Crippen LogP contribution in [0, 0.1) is 0 Å². The Morgan fingerprint density at radius 3 is 2.12 bits per heavy atom. The molecule has 0 saturated carbocycles. The fourth-order valence-electron chi connectivity index (χ4n) is 2.13. The number of nitrogens with one attached hydrogen (secondary N) is 1. The zero-order valence-electron chi connectivity index (χ0n) is 14.7. The van der Waals surface area contributed by atoms with Gasteiger partial charge in [-0.25, -0.2) is 13.2 Å². The maximum Gasteiger partial charge on any atom is 0.338 e. The minimum absolute atomic E-state index is 0.00956. The van der Waals surface area contributed by atoms with E-state index in [9.17, 15) is 18.0 Å². The predicted octanol–water partition coefficient (Wildman–Crippen LogP) is 2.12. The van der Waals surface area contributed by atoms with E-state index in [2.05, 4.69) is 4.72 Å². The van der Waals surface area contributed by atoms with E-state index in [4.69, 9.17) is 4.74 Å². The molecule has 2 aromatic carbocycles. The standard InChI is InChI=1S/C18H20N2O5S/c1-13(17(21)20(2)3)25-18(22)14-9-11-16(12-10-14)26(23,24)19-15-7-5-4-6-8-15/h4-13,19H,1-3H3/t13-/m1/s1. The molecule has 1 atom stereocenters. The van der Waals surface area contributed by atoms with Gasteiger partial charge in [0.2, 0.25) is 0 Å². The number of hydrogen-bond acceptors (Lipinski definition) is 5. The molecule has 26 heavy (non-hydrogen) atoms. The molecule has 0 aliphatic heterocycles. The van der Waals surface area contributed by atoms with Crippen molar-refractivity contribution < 1.29 is 22.7 Å². The van der Waals surface area contributed by atoms with Gasteiger partial charge in [-0.15, -0.1) is 0 Å². The minimum atomic E-state index is -3.77. The molecule has 0 aliphatic rings. The maximum atomic E-state index is 12.3. The highest BCUT2D eigenvalue weighted by Crippen LogP contribution is 2.17. The van der Waals surface area contributed by atoms with Crippen LogP contribution < -0.4 is 4.72 Å². The molecule has 0 aromatic heterocycles. The van der Waals surface area contributed by atoms with E-state index < -0.39 is 22.1 Å². The molecule has 0 spiro atoms. The van der Waals surface area contributed by atoms with Gasteiger partial charge < -0.3 is 9.64 Å². The molecule has 8 heteroatoms. The third-order valence-electron chi connectivity index (χ3n) is 3.50. The van der Waals surface area contributed by atoms with E-state index in [0.29, 0.717) is 5.69 Å². The van der Waals surface area contributed by atoms with Crippen molar-refractivity contribution in [2.75, 3.05) is 18.8 Å². The van der Waals surface area contributed by atoms with E-state index in [1.54, 1.807) is 44.4 Å². The number of para-hydroxylation sites is 1. The largest absolute Gasteiger partial charge is 0.449 e. The van der Waals surface area contributed by atoms with Crippen molar-refractivity contribution in [2.24, 2.45) is 0 Å². The second-order valence-corrected chi connectivity index (χ2v) is 7.46. The Bertz CT molecular complexity index is 878. The van der Waals surface area contributed by atoms with Crippen LogP contribution in [0.1, 0.15) is 17.3 Å². The molecule has 0 radical (unpaired) electrons. The summed E-state index contributed by atoms with van der Waals surface area (Å²) in [6.07, 6.45) is -0.930. The molecule has 2 rings (SSSR count). The summed E-state index contributed by atoms with van der Waals surface area (Å²) in [5, 5.41) is 0. The summed E-state index contributed by atoms with van der Waals surface area (Å²) in [7, 11) is -0.643. The first-order valence-corrected chi connectivity index (χ1v) is 9.29. The van der Waals surface area contributed by atoms with Crippen LogP contribution in [-0.4, -0.2) is 45.4 Å². The lowest BCUT2D eigenvalue weighted by Crippen LogP contribution is -2.34. The summed E-state index contributed by atoms with van der Waals surface area (Å²) in [4.78, 5) is 25.1. The highest BCUT2D eigenvalue weighted by Gasteiger charge is 2.21. The first kappa shape index (κ1) is 19.5. The zero-order valence-corrected chi connectivity index (χ0v) is 15.5. The zero-order chi connectivity index (χ0) is 19.3. The normalized spacial score (nSPS) is 12.1. The molecular formula is C18H20N2O5S. The van der Waals surface area contributed by atoms with Gasteiger partial charge in [0.1, 0.15) is 0 Å². The number of hydrogen-bond donors (Lipinski definition) is 1. The summed E-state index contributed by atoms with van der Waals surface area (Å²) < 4.78 is 32.2. The number of anilines is 1. The van der Waals surface area contributed by atoms with E-state index in [0.717, 1.165) is 0 Å². The van der Waals surface area contributed by atoms with E-state index in [-0.39, 0.29) is 16.4 Å². The molecule has 0 unspecified atom stereocenters. The summed E-state index contributed by atoms with van der Waals surface area (Å²) in [5.74, 6) is -1.04. The first-order chi connectivity index (χ1) is 12.2. The smallest absolute Gasteiger partial charge is 0.338 e. The fraction of sp³-hybridized carbons (Fsp3) is 0.222. The number of likely N-dealkylation sites (N-methyl/N-ethyl adjacent to an activating group) is 1. The third-order valence-corrected chi connectivity index (χ3v) is 4.90. The maximum absolute atomic E-state index is 12.3. The van der Waals surface area contributed by atoms with Crippen LogP contribution in [0.4, 0.5) is 5.69 Å². The topological polar surface area (TPSA) is 92.8 Å². The lowest BCUT2D eigenvalue weighted by molar-refractivity contribution is -0.137. The van der Waals surface area contributed by atoms with Gasteiger partial charge >= 0.3 is 5.97 Å². The molecular weight excluding hydrogens is 356 g/mol. The van der Waals surface area contributed by atoms with Gasteiger partial charge in [0, 0.05) is 19.8 Å². The quantitative estimate of drug-likeness (QED) is 0.780. The van der Waals surface area contributed by atoms with Gasteiger partial charge in [-0.2, -0.15) is 0 Å². The monoisotopic (exact) mass is 376 g/mol. The number of esters is 1. The fourth-order valence-corrected chi connectivity index (χ4v) is 3.19. The van der Waals surface area contributed by atoms with Crippen LogP contribution in [0.15, 0.2) is 59.5 Å². The molecule has 138 valence electrons. The van der Waals surface area contributed by atoms with Gasteiger partial charge in [-0.1, -0.05) is 18.2 Å². The number of nitrogens with zero attached hydrogens (tertiary/aromatic N) is 1. The number of ether oxygens (including phenoxy) is 1. The van der Waals surface area contributed by atoms with Gasteiger partial charge in [0.05, 0.1) is 10.5 Å². The van der Waals surface area contributed by atoms with E-state index in [1.165, 1.54) is 36.1 Å². The summed E-state index contributed by atoms with van der Waals surface area (Å²) in [6.45, 7) is 1.48. The van der Waals surface area contributed by atoms with Crippen molar-refractivity contribution in [1.29, 1.82) is 0 Å².